The molecule has 23 heavy (non-hydrogen) atoms. The van der Waals surface area contributed by atoms with Gasteiger partial charge >= 0.3 is 0 Å². The van der Waals surface area contributed by atoms with Crippen LogP contribution in [0.25, 0.3) is 10.9 Å². The van der Waals surface area contributed by atoms with Gasteiger partial charge in [-0.2, -0.15) is 0 Å². The number of aliphatic imine (C=N–C) groups is 1. The first-order chi connectivity index (χ1) is 11.3. The molecule has 3 rings (SSSR count). The Morgan fingerprint density at radius 3 is 2.70 bits per heavy atom. The minimum atomic E-state index is 0.295. The lowest BCUT2D eigenvalue weighted by atomic mass is 10.1. The van der Waals surface area contributed by atoms with Crippen LogP contribution in [0.4, 0.5) is 0 Å². The van der Waals surface area contributed by atoms with Crippen LogP contribution >= 0.6 is 0 Å². The van der Waals surface area contributed by atoms with Crippen LogP contribution in [0.1, 0.15) is 11.1 Å². The number of rotatable bonds is 6. The van der Waals surface area contributed by atoms with E-state index in [0.717, 1.165) is 25.1 Å². The molecule has 0 aliphatic heterocycles. The molecule has 0 aliphatic rings. The Labute approximate surface area is 136 Å². The van der Waals surface area contributed by atoms with Gasteiger partial charge in [0, 0.05) is 37.2 Å². The van der Waals surface area contributed by atoms with Crippen molar-refractivity contribution in [2.75, 3.05) is 13.6 Å². The molecule has 0 aliphatic carbocycles. The molecule has 4 heteroatoms. The van der Waals surface area contributed by atoms with E-state index in [1.165, 1.54) is 16.5 Å². The highest BCUT2D eigenvalue weighted by Gasteiger charge is 2.06. The number of para-hydroxylation sites is 1. The zero-order valence-corrected chi connectivity index (χ0v) is 13.2. The summed E-state index contributed by atoms with van der Waals surface area (Å²) < 4.78 is 0. The van der Waals surface area contributed by atoms with Gasteiger partial charge in [-0.05, 0) is 35.7 Å². The van der Waals surface area contributed by atoms with Gasteiger partial charge in [0.05, 0.1) is 6.34 Å². The molecule has 2 N–H and O–H groups in total. The number of hydrogen-bond acceptors (Lipinski definition) is 2. The smallest absolute Gasteiger partial charge is 0.115 e. The van der Waals surface area contributed by atoms with Crippen molar-refractivity contribution in [1.29, 1.82) is 0 Å². The first-order valence-corrected chi connectivity index (χ1v) is 7.75. The summed E-state index contributed by atoms with van der Waals surface area (Å²) in [5, 5.41) is 10.7. The fraction of sp³-hybridized carbons (Fsp3) is 0.211. The summed E-state index contributed by atoms with van der Waals surface area (Å²) in [5.41, 5.74) is 3.65. The van der Waals surface area contributed by atoms with Crippen LogP contribution < -0.4 is 0 Å². The van der Waals surface area contributed by atoms with Gasteiger partial charge in [-0.1, -0.05) is 30.3 Å². The van der Waals surface area contributed by atoms with E-state index < -0.39 is 0 Å². The number of phenols is 1. The number of benzene rings is 2. The highest BCUT2D eigenvalue weighted by Crippen LogP contribution is 2.18. The average molecular weight is 307 g/mol. The van der Waals surface area contributed by atoms with Crippen molar-refractivity contribution < 1.29 is 5.11 Å². The van der Waals surface area contributed by atoms with E-state index in [-0.39, 0.29) is 0 Å². The molecule has 0 amide bonds. The minimum absolute atomic E-state index is 0.295. The molecule has 1 heterocycles. The van der Waals surface area contributed by atoms with E-state index in [1.54, 1.807) is 19.2 Å². The number of fused-ring (bicyclic) bond motifs is 1. The second-order valence-electron chi connectivity index (χ2n) is 5.62. The van der Waals surface area contributed by atoms with Crippen LogP contribution in [0.15, 0.2) is 59.7 Å². The van der Waals surface area contributed by atoms with Gasteiger partial charge in [-0.3, -0.25) is 4.99 Å². The van der Waals surface area contributed by atoms with Crippen molar-refractivity contribution in [3.63, 3.8) is 0 Å². The maximum Gasteiger partial charge on any atom is 0.115 e. The van der Waals surface area contributed by atoms with Gasteiger partial charge in [0.1, 0.15) is 5.75 Å². The number of nitrogens with zero attached hydrogens (tertiary/aromatic N) is 2. The zero-order valence-electron chi connectivity index (χ0n) is 13.2. The Hall–Kier alpha value is -2.75. The molecule has 3 aromatic rings. The van der Waals surface area contributed by atoms with Gasteiger partial charge in [0.25, 0.3) is 0 Å². The van der Waals surface area contributed by atoms with E-state index in [1.807, 2.05) is 24.5 Å². The number of H-pyrrole nitrogens is 1. The molecule has 0 saturated carbocycles. The lowest BCUT2D eigenvalue weighted by Gasteiger charge is -2.19. The Bertz CT molecular complexity index is 790. The van der Waals surface area contributed by atoms with Gasteiger partial charge in [-0.25, -0.2) is 0 Å². The molecular weight excluding hydrogens is 286 g/mol. The summed E-state index contributed by atoms with van der Waals surface area (Å²) in [4.78, 5) is 9.66. The summed E-state index contributed by atoms with van der Waals surface area (Å²) in [6.07, 6.45) is 4.92. The quantitative estimate of drug-likeness (QED) is 0.540. The Kier molecular flexibility index (Phi) is 4.62. The van der Waals surface area contributed by atoms with Gasteiger partial charge in [0.15, 0.2) is 0 Å². The molecule has 0 atom stereocenters. The number of hydrogen-bond donors (Lipinski definition) is 2. The third-order valence-corrected chi connectivity index (χ3v) is 3.94. The molecule has 0 radical (unpaired) electrons. The molecule has 0 fully saturated rings. The standard InChI is InChI=1S/C19H21N3O/c1-20-14-22(13-15-6-8-17(23)9-7-15)11-10-16-12-21-19-5-3-2-4-18(16)19/h2-9,12,14,21,23H,10-11,13H2,1H3/b20-14-. The van der Waals surface area contributed by atoms with E-state index in [4.69, 9.17) is 0 Å². The van der Waals surface area contributed by atoms with E-state index in [9.17, 15) is 5.11 Å². The van der Waals surface area contributed by atoms with Crippen LogP contribution in [0.5, 0.6) is 5.75 Å². The molecule has 0 saturated heterocycles. The van der Waals surface area contributed by atoms with Crippen molar-refractivity contribution in [2.45, 2.75) is 13.0 Å². The molecule has 0 unspecified atom stereocenters. The Morgan fingerprint density at radius 1 is 1.13 bits per heavy atom. The van der Waals surface area contributed by atoms with Gasteiger partial charge in [-0.15, -0.1) is 0 Å². The van der Waals surface area contributed by atoms with Crippen LogP contribution in [0, 0.1) is 0 Å². The monoisotopic (exact) mass is 307 g/mol. The third kappa shape index (κ3) is 3.72. The molecule has 0 spiro atoms. The number of aromatic hydroxyl groups is 1. The predicted molar refractivity (Wildman–Crippen MR) is 94.9 cm³/mol. The van der Waals surface area contributed by atoms with Crippen LogP contribution in [-0.4, -0.2) is 34.9 Å². The second kappa shape index (κ2) is 7.01. The largest absolute Gasteiger partial charge is 0.508 e. The predicted octanol–water partition coefficient (Wildman–Crippen LogP) is 3.58. The number of aromatic nitrogens is 1. The molecule has 0 bridgehead atoms. The van der Waals surface area contributed by atoms with Crippen molar-refractivity contribution in [3.05, 3.63) is 65.9 Å². The average Bonchev–Trinajstić information content (AvgIpc) is 2.98. The molecular formula is C19H21N3O. The fourth-order valence-corrected chi connectivity index (χ4v) is 2.78. The first kappa shape index (κ1) is 15.2. The van der Waals surface area contributed by atoms with Crippen LogP contribution in [-0.2, 0) is 13.0 Å². The van der Waals surface area contributed by atoms with Crippen molar-refractivity contribution in [2.24, 2.45) is 4.99 Å². The van der Waals surface area contributed by atoms with E-state index in [0.29, 0.717) is 5.75 Å². The second-order valence-corrected chi connectivity index (χ2v) is 5.62. The maximum atomic E-state index is 9.38. The van der Waals surface area contributed by atoms with Crippen molar-refractivity contribution >= 4 is 17.2 Å². The normalized spacial score (nSPS) is 11.3. The third-order valence-electron chi connectivity index (χ3n) is 3.94. The fourth-order valence-electron chi connectivity index (χ4n) is 2.78. The highest BCUT2D eigenvalue weighted by molar-refractivity contribution is 5.83. The van der Waals surface area contributed by atoms with Crippen LogP contribution in [0.2, 0.25) is 0 Å². The maximum absolute atomic E-state index is 9.38. The minimum Gasteiger partial charge on any atom is -0.508 e. The van der Waals surface area contributed by atoms with Crippen molar-refractivity contribution in [1.82, 2.24) is 9.88 Å². The molecule has 2 aromatic carbocycles. The topological polar surface area (TPSA) is 51.6 Å². The lowest BCUT2D eigenvalue weighted by Crippen LogP contribution is -2.24. The molecule has 118 valence electrons. The van der Waals surface area contributed by atoms with Crippen LogP contribution in [0.3, 0.4) is 0 Å². The zero-order chi connectivity index (χ0) is 16.1. The molecule has 1 aromatic heterocycles. The van der Waals surface area contributed by atoms with E-state index >= 15 is 0 Å². The van der Waals surface area contributed by atoms with E-state index in [2.05, 4.69) is 39.3 Å². The summed E-state index contributed by atoms with van der Waals surface area (Å²) in [6.45, 7) is 1.67. The van der Waals surface area contributed by atoms with Crippen molar-refractivity contribution in [3.8, 4) is 5.75 Å². The SMILES string of the molecule is C/N=C\N(CCc1c[nH]c2ccccc12)Cc1ccc(O)cc1. The molecule has 4 nitrogen and oxygen atoms in total. The summed E-state index contributed by atoms with van der Waals surface area (Å²) in [5.74, 6) is 0.295. The Morgan fingerprint density at radius 2 is 1.91 bits per heavy atom. The summed E-state index contributed by atoms with van der Waals surface area (Å²) >= 11 is 0. The lowest BCUT2D eigenvalue weighted by molar-refractivity contribution is 0.428. The number of aromatic amines is 1. The van der Waals surface area contributed by atoms with Gasteiger partial charge < -0.3 is 15.0 Å². The Balaban J connectivity index is 1.68. The number of nitrogens with one attached hydrogen (secondary N) is 1. The van der Waals surface area contributed by atoms with Gasteiger partial charge in [0.2, 0.25) is 0 Å². The summed E-state index contributed by atoms with van der Waals surface area (Å²) in [7, 11) is 1.79. The summed E-state index contributed by atoms with van der Waals surface area (Å²) in [6, 6.07) is 15.7. The highest BCUT2D eigenvalue weighted by atomic mass is 16.3. The number of phenolic OH excluding ortho intramolecular Hbond substituents is 1. The first-order valence-electron chi connectivity index (χ1n) is 7.75.